The van der Waals surface area contributed by atoms with E-state index in [0.29, 0.717) is 6.42 Å². The van der Waals surface area contributed by atoms with Crippen LogP contribution in [0.1, 0.15) is 84.0 Å². The fourth-order valence-electron chi connectivity index (χ4n) is 3.54. The van der Waals surface area contributed by atoms with Crippen molar-refractivity contribution in [3.63, 3.8) is 0 Å². The Bertz CT molecular complexity index is 750. The van der Waals surface area contributed by atoms with E-state index in [1.807, 2.05) is 41.3 Å². The van der Waals surface area contributed by atoms with Gasteiger partial charge in [0.15, 0.2) is 0 Å². The molecule has 31 heavy (non-hydrogen) atoms. The quantitative estimate of drug-likeness (QED) is 0.208. The molecule has 2 aromatic rings. The second-order valence-electron chi connectivity index (χ2n) is 7.95. The van der Waals surface area contributed by atoms with Gasteiger partial charge >= 0.3 is 0 Å². The zero-order valence-corrected chi connectivity index (χ0v) is 19.2. The highest BCUT2D eigenvalue weighted by atomic mass is 16.2. The van der Waals surface area contributed by atoms with Crippen LogP contribution in [0, 0.1) is 0 Å². The predicted molar refractivity (Wildman–Crippen MR) is 131 cm³/mol. The van der Waals surface area contributed by atoms with Gasteiger partial charge in [0.25, 0.3) is 0 Å². The molecule has 0 aliphatic carbocycles. The molecule has 1 amide bonds. The van der Waals surface area contributed by atoms with Gasteiger partial charge < -0.3 is 0 Å². The largest absolute Gasteiger partial charge is 0.273 e. The van der Waals surface area contributed by atoms with E-state index in [0.717, 1.165) is 31.4 Å². The molecule has 0 aliphatic heterocycles. The summed E-state index contributed by atoms with van der Waals surface area (Å²) < 4.78 is 1.84. The van der Waals surface area contributed by atoms with Crippen LogP contribution in [0.2, 0.25) is 0 Å². The van der Waals surface area contributed by atoms with E-state index in [1.165, 1.54) is 44.9 Å². The second-order valence-corrected chi connectivity index (χ2v) is 7.95. The number of carbonyl (C=O) groups is 1. The van der Waals surface area contributed by atoms with Crippen LogP contribution in [0.15, 0.2) is 73.4 Å². The summed E-state index contributed by atoms with van der Waals surface area (Å²) in [5.41, 5.74) is 0.846. The van der Waals surface area contributed by atoms with Gasteiger partial charge in [-0.15, -0.1) is 0 Å². The van der Waals surface area contributed by atoms with Gasteiger partial charge in [0.2, 0.25) is 5.91 Å². The van der Waals surface area contributed by atoms with Crippen molar-refractivity contribution in [2.45, 2.75) is 84.0 Å². The fraction of sp³-hybridized carbons (Fsp3) is 0.481. The van der Waals surface area contributed by atoms with Gasteiger partial charge in [0.1, 0.15) is 0 Å². The number of hydrogen-bond donors (Lipinski definition) is 0. The van der Waals surface area contributed by atoms with Gasteiger partial charge in [0.05, 0.1) is 5.69 Å². The minimum atomic E-state index is 0.119. The van der Waals surface area contributed by atoms with Crippen LogP contribution in [0.3, 0.4) is 0 Å². The Morgan fingerprint density at radius 1 is 0.871 bits per heavy atom. The molecule has 0 spiro atoms. The lowest BCUT2D eigenvalue weighted by atomic mass is 10.1. The molecule has 0 atom stereocenters. The summed E-state index contributed by atoms with van der Waals surface area (Å²) in [6, 6.07) is 7.60. The minimum absolute atomic E-state index is 0.119. The van der Waals surface area contributed by atoms with Crippen LogP contribution in [0.25, 0.3) is 0 Å². The molecule has 0 aromatic carbocycles. The lowest BCUT2D eigenvalue weighted by Crippen LogP contribution is -2.34. The van der Waals surface area contributed by atoms with Crippen LogP contribution < -0.4 is 5.01 Å². The van der Waals surface area contributed by atoms with E-state index in [2.05, 4.69) is 36.2 Å². The lowest BCUT2D eigenvalue weighted by Gasteiger charge is -2.23. The first-order chi connectivity index (χ1) is 15.3. The standard InChI is InChI=1S/C27H39N3O/c1-2-3-4-5-6-7-8-9-10-11-12-13-14-15-16-19-27(31)30(29-24-17-18-25-29)26-20-22-28-23-21-26/h6-7,9-10,17-18,20-25H,2-5,8,11-16,19H2,1H3/b7-6-,10-9-. The molecule has 2 heterocycles. The summed E-state index contributed by atoms with van der Waals surface area (Å²) in [5.74, 6) is 0.119. The molecule has 2 aromatic heterocycles. The molecule has 0 N–H and O–H groups in total. The van der Waals surface area contributed by atoms with Crippen molar-refractivity contribution < 1.29 is 4.79 Å². The molecule has 0 bridgehead atoms. The van der Waals surface area contributed by atoms with Crippen molar-refractivity contribution in [3.05, 3.63) is 73.4 Å². The number of allylic oxidation sites excluding steroid dienone is 4. The smallest absolute Gasteiger partial charge is 0.246 e. The summed E-state index contributed by atoms with van der Waals surface area (Å²) >= 11 is 0. The number of pyridine rings is 1. The third-order valence-electron chi connectivity index (χ3n) is 5.30. The zero-order valence-electron chi connectivity index (χ0n) is 19.2. The molecule has 0 saturated carbocycles. The number of nitrogens with zero attached hydrogens (tertiary/aromatic N) is 3. The highest BCUT2D eigenvalue weighted by molar-refractivity contribution is 5.92. The number of rotatable bonds is 16. The third-order valence-corrected chi connectivity index (χ3v) is 5.30. The summed E-state index contributed by atoms with van der Waals surface area (Å²) in [6.45, 7) is 2.24. The van der Waals surface area contributed by atoms with E-state index >= 15 is 0 Å². The van der Waals surface area contributed by atoms with Crippen molar-refractivity contribution in [1.82, 2.24) is 9.66 Å². The molecule has 4 heteroatoms. The highest BCUT2D eigenvalue weighted by Gasteiger charge is 2.16. The monoisotopic (exact) mass is 421 g/mol. The summed E-state index contributed by atoms with van der Waals surface area (Å²) in [4.78, 5) is 16.9. The Labute approximate surface area is 188 Å². The molecule has 0 fully saturated rings. The molecule has 0 radical (unpaired) electrons. The van der Waals surface area contributed by atoms with E-state index in [-0.39, 0.29) is 5.91 Å². The second kappa shape index (κ2) is 16.1. The molecule has 0 unspecified atom stereocenters. The van der Waals surface area contributed by atoms with E-state index in [9.17, 15) is 4.79 Å². The number of carbonyl (C=O) groups excluding carboxylic acids is 1. The Morgan fingerprint density at radius 2 is 1.48 bits per heavy atom. The van der Waals surface area contributed by atoms with Crippen molar-refractivity contribution in [3.8, 4) is 0 Å². The maximum atomic E-state index is 12.8. The van der Waals surface area contributed by atoms with E-state index < -0.39 is 0 Å². The number of amides is 1. The molecule has 0 aliphatic rings. The zero-order chi connectivity index (χ0) is 22.0. The summed E-state index contributed by atoms with van der Waals surface area (Å²) in [6.07, 6.45) is 30.1. The van der Waals surface area contributed by atoms with Crippen LogP contribution in [0.5, 0.6) is 0 Å². The third kappa shape index (κ3) is 10.3. The van der Waals surface area contributed by atoms with E-state index in [1.54, 1.807) is 17.4 Å². The summed E-state index contributed by atoms with van der Waals surface area (Å²) in [5, 5.41) is 1.73. The van der Waals surface area contributed by atoms with Gasteiger partial charge in [0, 0.05) is 31.2 Å². The van der Waals surface area contributed by atoms with Crippen molar-refractivity contribution >= 4 is 11.6 Å². The lowest BCUT2D eigenvalue weighted by molar-refractivity contribution is -0.119. The summed E-state index contributed by atoms with van der Waals surface area (Å²) in [7, 11) is 0. The van der Waals surface area contributed by atoms with Crippen LogP contribution in [-0.2, 0) is 4.79 Å². The van der Waals surface area contributed by atoms with Gasteiger partial charge in [-0.25, -0.2) is 5.01 Å². The first-order valence-electron chi connectivity index (χ1n) is 12.0. The van der Waals surface area contributed by atoms with Crippen LogP contribution >= 0.6 is 0 Å². The Morgan fingerprint density at radius 3 is 2.16 bits per heavy atom. The number of aromatic nitrogens is 2. The molecular weight excluding hydrogens is 382 g/mol. The number of anilines is 1. The molecule has 2 rings (SSSR count). The average Bonchev–Trinajstić information content (AvgIpc) is 3.31. The minimum Gasteiger partial charge on any atom is -0.273 e. The maximum Gasteiger partial charge on any atom is 0.246 e. The average molecular weight is 422 g/mol. The van der Waals surface area contributed by atoms with Gasteiger partial charge in [-0.3, -0.25) is 14.5 Å². The molecule has 168 valence electrons. The Kier molecular flexibility index (Phi) is 12.8. The van der Waals surface area contributed by atoms with Crippen molar-refractivity contribution in [1.29, 1.82) is 0 Å². The topological polar surface area (TPSA) is 38.1 Å². The van der Waals surface area contributed by atoms with Gasteiger partial charge in [-0.1, -0.05) is 63.3 Å². The first kappa shape index (κ1) is 24.6. The van der Waals surface area contributed by atoms with Crippen molar-refractivity contribution in [2.24, 2.45) is 0 Å². The maximum absolute atomic E-state index is 12.8. The molecule has 4 nitrogen and oxygen atoms in total. The predicted octanol–water partition coefficient (Wildman–Crippen LogP) is 7.49. The van der Waals surface area contributed by atoms with Crippen molar-refractivity contribution in [2.75, 3.05) is 5.01 Å². The molecular formula is C27H39N3O. The SMILES string of the molecule is CCCCC/C=C\C/C=C\CCCCCCCC(=O)N(c1ccncc1)n1cccc1. The Balaban J connectivity index is 1.56. The number of unbranched alkanes of at least 4 members (excludes halogenated alkanes) is 8. The highest BCUT2D eigenvalue weighted by Crippen LogP contribution is 2.17. The molecule has 0 saturated heterocycles. The normalized spacial score (nSPS) is 11.5. The Hall–Kier alpha value is -2.62. The first-order valence-corrected chi connectivity index (χ1v) is 12.0. The van der Waals surface area contributed by atoms with Crippen LogP contribution in [-0.4, -0.2) is 15.6 Å². The van der Waals surface area contributed by atoms with E-state index in [4.69, 9.17) is 0 Å². The fourth-order valence-corrected chi connectivity index (χ4v) is 3.54. The van der Waals surface area contributed by atoms with Gasteiger partial charge in [-0.05, 0) is 62.8 Å². The van der Waals surface area contributed by atoms with Gasteiger partial charge in [-0.2, -0.15) is 0 Å². The van der Waals surface area contributed by atoms with Crippen LogP contribution in [0.4, 0.5) is 5.69 Å². The number of hydrogen-bond acceptors (Lipinski definition) is 2.